The number of nitrogens with zero attached hydrogens (tertiary/aromatic N) is 2. The number of nitrogens with one attached hydrogen (secondary N) is 1. The molecule has 1 saturated heterocycles. The van der Waals surface area contributed by atoms with Crippen LogP contribution in [0.3, 0.4) is 0 Å². The summed E-state index contributed by atoms with van der Waals surface area (Å²) in [5.74, 6) is 0.803. The van der Waals surface area contributed by atoms with Gasteiger partial charge in [-0.05, 0) is 46.7 Å². The first kappa shape index (κ1) is 15.5. The van der Waals surface area contributed by atoms with Crippen molar-refractivity contribution >= 4 is 0 Å². The van der Waals surface area contributed by atoms with E-state index in [-0.39, 0.29) is 5.54 Å². The highest BCUT2D eigenvalue weighted by Crippen LogP contribution is 2.09. The quantitative estimate of drug-likeness (QED) is 0.776. The summed E-state index contributed by atoms with van der Waals surface area (Å²) in [6.07, 6.45) is 2.65. The molecule has 0 amide bonds. The third kappa shape index (κ3) is 5.61. The average molecular weight is 281 g/mol. The second-order valence-electron chi connectivity index (χ2n) is 6.49. The molecule has 0 aromatic carbocycles. The third-order valence-electron chi connectivity index (χ3n) is 3.40. The molecule has 5 heteroatoms. The highest BCUT2D eigenvalue weighted by molar-refractivity contribution is 5.04. The van der Waals surface area contributed by atoms with Gasteiger partial charge in [-0.1, -0.05) is 5.16 Å². The minimum Gasteiger partial charge on any atom is -0.372 e. The minimum absolute atomic E-state index is 0.0886. The van der Waals surface area contributed by atoms with Crippen LogP contribution in [-0.2, 0) is 17.9 Å². The van der Waals surface area contributed by atoms with Gasteiger partial charge in [-0.25, -0.2) is 0 Å². The van der Waals surface area contributed by atoms with E-state index in [1.54, 1.807) is 0 Å². The predicted octanol–water partition coefficient (Wildman–Crippen LogP) is 2.18. The van der Waals surface area contributed by atoms with E-state index >= 15 is 0 Å². The van der Waals surface area contributed by atoms with E-state index in [1.165, 1.54) is 25.9 Å². The maximum absolute atomic E-state index is 5.64. The monoisotopic (exact) mass is 281 g/mol. The zero-order valence-electron chi connectivity index (χ0n) is 12.9. The van der Waals surface area contributed by atoms with Crippen molar-refractivity contribution < 1.29 is 9.26 Å². The van der Waals surface area contributed by atoms with E-state index in [1.807, 2.05) is 6.07 Å². The fourth-order valence-corrected chi connectivity index (χ4v) is 2.24. The van der Waals surface area contributed by atoms with E-state index in [0.29, 0.717) is 6.61 Å². The van der Waals surface area contributed by atoms with Crippen LogP contribution >= 0.6 is 0 Å². The number of rotatable bonds is 7. The van der Waals surface area contributed by atoms with Crippen molar-refractivity contribution in [2.24, 2.45) is 0 Å². The molecule has 0 aliphatic carbocycles. The Bertz CT molecular complexity index is 392. The van der Waals surface area contributed by atoms with Crippen LogP contribution in [0.25, 0.3) is 0 Å². The van der Waals surface area contributed by atoms with E-state index in [9.17, 15) is 0 Å². The molecular formula is C15H27N3O2. The number of hydrogen-bond donors (Lipinski definition) is 1. The van der Waals surface area contributed by atoms with Gasteiger partial charge in [0.15, 0.2) is 5.76 Å². The molecular weight excluding hydrogens is 254 g/mol. The SMILES string of the molecule is CC(C)(C)NCc1cc(COCCN2CCCC2)on1. The van der Waals surface area contributed by atoms with Gasteiger partial charge in [0, 0.05) is 24.7 Å². The molecule has 0 unspecified atom stereocenters. The Morgan fingerprint density at radius 3 is 2.80 bits per heavy atom. The average Bonchev–Trinajstić information content (AvgIpc) is 3.03. The number of aromatic nitrogens is 1. The summed E-state index contributed by atoms with van der Waals surface area (Å²) in [6.45, 7) is 11.9. The molecule has 0 saturated carbocycles. The predicted molar refractivity (Wildman–Crippen MR) is 78.4 cm³/mol. The smallest absolute Gasteiger partial charge is 0.162 e. The van der Waals surface area contributed by atoms with Crippen molar-refractivity contribution in [3.05, 3.63) is 17.5 Å². The summed E-state index contributed by atoms with van der Waals surface area (Å²) in [4.78, 5) is 2.44. The van der Waals surface area contributed by atoms with Crippen molar-refractivity contribution in [3.63, 3.8) is 0 Å². The third-order valence-corrected chi connectivity index (χ3v) is 3.40. The summed E-state index contributed by atoms with van der Waals surface area (Å²) >= 11 is 0. The summed E-state index contributed by atoms with van der Waals surface area (Å²) in [7, 11) is 0. The first-order valence-corrected chi connectivity index (χ1v) is 7.52. The van der Waals surface area contributed by atoms with Crippen molar-refractivity contribution in [3.8, 4) is 0 Å². The molecule has 5 nitrogen and oxygen atoms in total. The molecule has 1 fully saturated rings. The Kier molecular flexibility index (Phi) is 5.57. The molecule has 0 bridgehead atoms. The zero-order chi connectivity index (χ0) is 14.4. The van der Waals surface area contributed by atoms with Gasteiger partial charge in [0.1, 0.15) is 6.61 Å². The molecule has 2 rings (SSSR count). The van der Waals surface area contributed by atoms with Crippen LogP contribution < -0.4 is 5.32 Å². The summed E-state index contributed by atoms with van der Waals surface area (Å²) in [6, 6.07) is 1.97. The normalized spacial score (nSPS) is 16.9. The molecule has 0 spiro atoms. The van der Waals surface area contributed by atoms with Gasteiger partial charge in [-0.15, -0.1) is 0 Å². The van der Waals surface area contributed by atoms with Gasteiger partial charge in [0.2, 0.25) is 0 Å². The number of ether oxygens (including phenoxy) is 1. The second-order valence-corrected chi connectivity index (χ2v) is 6.49. The maximum atomic E-state index is 5.64. The zero-order valence-corrected chi connectivity index (χ0v) is 12.9. The highest BCUT2D eigenvalue weighted by atomic mass is 16.5. The van der Waals surface area contributed by atoms with Gasteiger partial charge in [0.05, 0.1) is 12.3 Å². The Balaban J connectivity index is 1.62. The van der Waals surface area contributed by atoms with Crippen molar-refractivity contribution in [2.75, 3.05) is 26.2 Å². The van der Waals surface area contributed by atoms with Crippen LogP contribution in [0.5, 0.6) is 0 Å². The van der Waals surface area contributed by atoms with Gasteiger partial charge in [0.25, 0.3) is 0 Å². The standard InChI is InChI=1S/C15H27N3O2/c1-15(2,3)16-11-13-10-14(20-17-13)12-19-9-8-18-6-4-5-7-18/h10,16H,4-9,11-12H2,1-3H3. The van der Waals surface area contributed by atoms with Crippen LogP contribution in [-0.4, -0.2) is 41.8 Å². The Morgan fingerprint density at radius 1 is 1.35 bits per heavy atom. The van der Waals surface area contributed by atoms with E-state index < -0.39 is 0 Å². The van der Waals surface area contributed by atoms with Crippen molar-refractivity contribution in [2.45, 2.75) is 52.3 Å². The van der Waals surface area contributed by atoms with Gasteiger partial charge in [-0.2, -0.15) is 0 Å². The molecule has 1 aliphatic heterocycles. The Labute approximate surface area is 121 Å². The number of hydrogen-bond acceptors (Lipinski definition) is 5. The fraction of sp³-hybridized carbons (Fsp3) is 0.800. The highest BCUT2D eigenvalue weighted by Gasteiger charge is 2.12. The molecule has 20 heavy (non-hydrogen) atoms. The molecule has 1 aromatic rings. The molecule has 1 aliphatic rings. The largest absolute Gasteiger partial charge is 0.372 e. The van der Waals surface area contributed by atoms with Gasteiger partial charge in [-0.3, -0.25) is 0 Å². The first-order valence-electron chi connectivity index (χ1n) is 7.52. The lowest BCUT2D eigenvalue weighted by Gasteiger charge is -2.19. The van der Waals surface area contributed by atoms with Crippen molar-refractivity contribution in [1.29, 1.82) is 0 Å². The lowest BCUT2D eigenvalue weighted by atomic mass is 10.1. The lowest BCUT2D eigenvalue weighted by molar-refractivity contribution is 0.0836. The van der Waals surface area contributed by atoms with Gasteiger partial charge >= 0.3 is 0 Å². The van der Waals surface area contributed by atoms with E-state index in [4.69, 9.17) is 9.26 Å². The van der Waals surface area contributed by atoms with Crippen LogP contribution in [0.2, 0.25) is 0 Å². The van der Waals surface area contributed by atoms with Crippen LogP contribution in [0.1, 0.15) is 45.1 Å². The Hall–Kier alpha value is -0.910. The van der Waals surface area contributed by atoms with Crippen LogP contribution in [0.15, 0.2) is 10.6 Å². The van der Waals surface area contributed by atoms with Crippen LogP contribution in [0.4, 0.5) is 0 Å². The van der Waals surface area contributed by atoms with Crippen LogP contribution in [0, 0.1) is 0 Å². The first-order chi connectivity index (χ1) is 9.53. The summed E-state index contributed by atoms with van der Waals surface area (Å²) in [5, 5.41) is 7.43. The number of likely N-dealkylation sites (tertiary alicyclic amines) is 1. The molecule has 0 atom stereocenters. The second kappa shape index (κ2) is 7.20. The van der Waals surface area contributed by atoms with Gasteiger partial charge < -0.3 is 19.5 Å². The lowest BCUT2D eigenvalue weighted by Crippen LogP contribution is -2.35. The van der Waals surface area contributed by atoms with E-state index in [2.05, 4.69) is 36.1 Å². The summed E-state index contributed by atoms with van der Waals surface area (Å²) in [5.41, 5.74) is 1.02. The maximum Gasteiger partial charge on any atom is 0.162 e. The fourth-order valence-electron chi connectivity index (χ4n) is 2.24. The molecule has 2 heterocycles. The minimum atomic E-state index is 0.0886. The summed E-state index contributed by atoms with van der Waals surface area (Å²) < 4.78 is 10.9. The topological polar surface area (TPSA) is 50.5 Å². The van der Waals surface area contributed by atoms with Crippen molar-refractivity contribution in [1.82, 2.24) is 15.4 Å². The Morgan fingerprint density at radius 2 is 2.10 bits per heavy atom. The molecule has 1 N–H and O–H groups in total. The van der Waals surface area contributed by atoms with E-state index in [0.717, 1.165) is 31.2 Å². The molecule has 0 radical (unpaired) electrons. The molecule has 114 valence electrons. The molecule has 1 aromatic heterocycles.